The minimum atomic E-state index is -0.332. The SMILES string of the molecule is CCCP(c1ccccc1)P(c1ccccc1)c1ccccc1. The maximum absolute atomic E-state index is 2.32. The van der Waals surface area contributed by atoms with E-state index in [-0.39, 0.29) is 15.2 Å². The first-order chi connectivity index (χ1) is 11.4. The van der Waals surface area contributed by atoms with E-state index in [0.717, 1.165) is 0 Å². The van der Waals surface area contributed by atoms with Gasteiger partial charge in [0.15, 0.2) is 0 Å². The van der Waals surface area contributed by atoms with E-state index >= 15 is 0 Å². The third-order valence-corrected chi connectivity index (χ3v) is 11.7. The first-order valence-electron chi connectivity index (χ1n) is 8.13. The molecule has 0 fully saturated rings. The predicted octanol–water partition coefficient (Wildman–Crippen LogP) is 5.25. The Morgan fingerprint density at radius 1 is 0.565 bits per heavy atom. The van der Waals surface area contributed by atoms with Crippen molar-refractivity contribution >= 4 is 31.1 Å². The van der Waals surface area contributed by atoms with Crippen molar-refractivity contribution in [2.24, 2.45) is 0 Å². The molecule has 116 valence electrons. The van der Waals surface area contributed by atoms with Gasteiger partial charge in [-0.1, -0.05) is 104 Å². The molecule has 3 aromatic rings. The summed E-state index contributed by atoms with van der Waals surface area (Å²) in [7, 11) is -0.539. The fourth-order valence-electron chi connectivity index (χ4n) is 2.72. The Labute approximate surface area is 142 Å². The molecule has 0 saturated carbocycles. The average Bonchev–Trinajstić information content (AvgIpc) is 2.64. The van der Waals surface area contributed by atoms with E-state index in [1.807, 2.05) is 0 Å². The van der Waals surface area contributed by atoms with Gasteiger partial charge >= 0.3 is 0 Å². The summed E-state index contributed by atoms with van der Waals surface area (Å²) in [6.45, 7) is 2.31. The van der Waals surface area contributed by atoms with Gasteiger partial charge in [0, 0.05) is 0 Å². The zero-order valence-corrected chi connectivity index (χ0v) is 15.3. The molecule has 3 rings (SSSR count). The molecule has 2 heteroatoms. The molecule has 3 aromatic carbocycles. The Kier molecular flexibility index (Phi) is 5.98. The second kappa shape index (κ2) is 8.39. The predicted molar refractivity (Wildman–Crippen MR) is 107 cm³/mol. The highest BCUT2D eigenvalue weighted by atomic mass is 32.1. The van der Waals surface area contributed by atoms with Crippen LogP contribution in [0.1, 0.15) is 13.3 Å². The first kappa shape index (κ1) is 16.4. The summed E-state index contributed by atoms with van der Waals surface area (Å²) in [5.41, 5.74) is 0. The van der Waals surface area contributed by atoms with Gasteiger partial charge in [-0.3, -0.25) is 0 Å². The van der Waals surface area contributed by atoms with Crippen molar-refractivity contribution in [3.05, 3.63) is 91.0 Å². The lowest BCUT2D eigenvalue weighted by Gasteiger charge is -2.29. The van der Waals surface area contributed by atoms with Gasteiger partial charge in [0.1, 0.15) is 0 Å². The van der Waals surface area contributed by atoms with Crippen molar-refractivity contribution in [3.63, 3.8) is 0 Å². The Morgan fingerprint density at radius 2 is 0.957 bits per heavy atom. The van der Waals surface area contributed by atoms with Crippen LogP contribution in [0.5, 0.6) is 0 Å². The molecule has 1 atom stereocenters. The second-order valence-corrected chi connectivity index (χ2v) is 11.5. The third-order valence-electron chi connectivity index (χ3n) is 3.73. The first-order valence-corrected chi connectivity index (χ1v) is 11.7. The molecule has 0 aliphatic heterocycles. The largest absolute Gasteiger partial charge is 0.0650 e. The lowest BCUT2D eigenvalue weighted by Crippen LogP contribution is -2.15. The number of benzene rings is 3. The van der Waals surface area contributed by atoms with E-state index in [2.05, 4.69) is 97.9 Å². The number of hydrogen-bond donors (Lipinski definition) is 0. The maximum Gasteiger partial charge on any atom is -0.0147 e. The van der Waals surface area contributed by atoms with Crippen molar-refractivity contribution in [2.75, 3.05) is 6.16 Å². The molecule has 0 bridgehead atoms. The molecule has 1 unspecified atom stereocenters. The quantitative estimate of drug-likeness (QED) is 0.539. The van der Waals surface area contributed by atoms with Gasteiger partial charge in [0.25, 0.3) is 0 Å². The maximum atomic E-state index is 2.32. The van der Waals surface area contributed by atoms with Gasteiger partial charge in [-0.05, 0) is 37.3 Å². The second-order valence-electron chi connectivity index (χ2n) is 5.44. The van der Waals surface area contributed by atoms with Crippen LogP contribution in [0.25, 0.3) is 0 Å². The summed E-state index contributed by atoms with van der Waals surface area (Å²) in [6.07, 6.45) is 2.52. The fourth-order valence-corrected chi connectivity index (χ4v) is 10.9. The molecule has 0 amide bonds. The van der Waals surface area contributed by atoms with E-state index in [4.69, 9.17) is 0 Å². The van der Waals surface area contributed by atoms with Crippen LogP contribution in [0.3, 0.4) is 0 Å². The lowest BCUT2D eigenvalue weighted by molar-refractivity contribution is 1.10. The standard InChI is InChI=1S/C21H22P2/c1-2-18-22(19-12-6-3-7-13-19)23(20-14-8-4-9-15-20)21-16-10-5-11-17-21/h3-17H,2,18H2,1H3. The van der Waals surface area contributed by atoms with Gasteiger partial charge in [0.2, 0.25) is 0 Å². The summed E-state index contributed by atoms with van der Waals surface area (Å²) < 4.78 is 0. The fraction of sp³-hybridized carbons (Fsp3) is 0.143. The Hall–Kier alpha value is -1.48. The van der Waals surface area contributed by atoms with Crippen LogP contribution in [-0.4, -0.2) is 6.16 Å². The Balaban J connectivity index is 2.09. The van der Waals surface area contributed by atoms with Gasteiger partial charge in [0.05, 0.1) is 0 Å². The highest BCUT2D eigenvalue weighted by Crippen LogP contribution is 2.66. The zero-order valence-electron chi connectivity index (χ0n) is 13.5. The van der Waals surface area contributed by atoms with Crippen molar-refractivity contribution < 1.29 is 0 Å². The molecular formula is C21H22P2. The molecule has 0 aromatic heterocycles. The summed E-state index contributed by atoms with van der Waals surface area (Å²) in [5.74, 6) is 0. The highest BCUT2D eigenvalue weighted by Gasteiger charge is 2.24. The molecular weight excluding hydrogens is 314 g/mol. The van der Waals surface area contributed by atoms with Gasteiger partial charge in [-0.15, -0.1) is 0 Å². The summed E-state index contributed by atoms with van der Waals surface area (Å²) in [5, 5.41) is 4.53. The minimum Gasteiger partial charge on any atom is -0.0650 e. The van der Waals surface area contributed by atoms with Crippen LogP contribution in [0.2, 0.25) is 0 Å². The van der Waals surface area contributed by atoms with Crippen LogP contribution in [0.15, 0.2) is 91.0 Å². The van der Waals surface area contributed by atoms with E-state index in [1.165, 1.54) is 28.5 Å². The van der Waals surface area contributed by atoms with Crippen LogP contribution in [0, 0.1) is 0 Å². The smallest absolute Gasteiger partial charge is 0.0147 e. The monoisotopic (exact) mass is 336 g/mol. The molecule has 0 spiro atoms. The molecule has 0 N–H and O–H groups in total. The Bertz CT molecular complexity index is 656. The molecule has 0 aliphatic carbocycles. The molecule has 0 radical (unpaired) electrons. The highest BCUT2D eigenvalue weighted by molar-refractivity contribution is 8.38. The van der Waals surface area contributed by atoms with Crippen LogP contribution < -0.4 is 15.9 Å². The van der Waals surface area contributed by atoms with Gasteiger partial charge in [-0.25, -0.2) is 0 Å². The van der Waals surface area contributed by atoms with Gasteiger partial charge in [-0.2, -0.15) is 0 Å². The minimum absolute atomic E-state index is 0.207. The van der Waals surface area contributed by atoms with E-state index in [0.29, 0.717) is 0 Å². The number of hydrogen-bond acceptors (Lipinski definition) is 0. The zero-order chi connectivity index (χ0) is 15.9. The third kappa shape index (κ3) is 4.08. The number of rotatable bonds is 6. The molecule has 0 nitrogen and oxygen atoms in total. The van der Waals surface area contributed by atoms with Crippen LogP contribution in [0.4, 0.5) is 0 Å². The van der Waals surface area contributed by atoms with Crippen LogP contribution in [-0.2, 0) is 0 Å². The Morgan fingerprint density at radius 3 is 1.35 bits per heavy atom. The van der Waals surface area contributed by atoms with Crippen molar-refractivity contribution in [2.45, 2.75) is 13.3 Å². The van der Waals surface area contributed by atoms with Crippen LogP contribution >= 0.6 is 15.2 Å². The summed E-state index contributed by atoms with van der Waals surface area (Å²) in [6, 6.07) is 33.3. The summed E-state index contributed by atoms with van der Waals surface area (Å²) >= 11 is 0. The lowest BCUT2D eigenvalue weighted by atomic mass is 10.4. The van der Waals surface area contributed by atoms with Crippen molar-refractivity contribution in [3.8, 4) is 0 Å². The average molecular weight is 336 g/mol. The van der Waals surface area contributed by atoms with E-state index in [1.54, 1.807) is 0 Å². The molecule has 0 heterocycles. The van der Waals surface area contributed by atoms with E-state index < -0.39 is 0 Å². The normalized spacial score (nSPS) is 12.3. The summed E-state index contributed by atoms with van der Waals surface area (Å²) in [4.78, 5) is 0. The molecule has 0 aliphatic rings. The molecule has 0 saturated heterocycles. The molecule has 23 heavy (non-hydrogen) atoms. The topological polar surface area (TPSA) is 0 Å². The van der Waals surface area contributed by atoms with Gasteiger partial charge < -0.3 is 0 Å². The van der Waals surface area contributed by atoms with Crippen molar-refractivity contribution in [1.82, 2.24) is 0 Å². The van der Waals surface area contributed by atoms with Crippen molar-refractivity contribution in [1.29, 1.82) is 0 Å². The van der Waals surface area contributed by atoms with E-state index in [9.17, 15) is 0 Å².